The Kier molecular flexibility index (Phi) is 5.43. The number of carbonyl (C=O) groups is 1. The van der Waals surface area contributed by atoms with Crippen LogP contribution in [0, 0.1) is 6.92 Å². The molecule has 0 aromatic heterocycles. The quantitative estimate of drug-likeness (QED) is 0.763. The minimum Gasteiger partial charge on any atom is -0.396 e. The number of aliphatic hydroxyl groups is 1. The smallest absolute Gasteiger partial charge is 0.244 e. The summed E-state index contributed by atoms with van der Waals surface area (Å²) in [5.74, 6) is -0.130. The van der Waals surface area contributed by atoms with Gasteiger partial charge in [-0.2, -0.15) is 0 Å². The number of nitrogens with one attached hydrogen (secondary N) is 1. The van der Waals surface area contributed by atoms with Crippen LogP contribution in [0.2, 0.25) is 0 Å². The van der Waals surface area contributed by atoms with Gasteiger partial charge in [0.1, 0.15) is 0 Å². The number of benzene rings is 1. The maximum Gasteiger partial charge on any atom is 0.244 e. The zero-order chi connectivity index (χ0) is 12.7. The number of carbonyl (C=O) groups excluding carboxylic acids is 1. The molecule has 1 aromatic carbocycles. The number of aliphatic hydroxyl groups excluding tert-OH is 1. The van der Waals surface area contributed by atoms with Crippen LogP contribution in [0.25, 0.3) is 6.08 Å². The summed E-state index contributed by atoms with van der Waals surface area (Å²) in [6, 6.07) is 7.88. The van der Waals surface area contributed by atoms with Gasteiger partial charge in [-0.05, 0) is 37.5 Å². The second-order valence-corrected chi connectivity index (χ2v) is 4.11. The molecule has 3 nitrogen and oxygen atoms in total. The van der Waals surface area contributed by atoms with Crippen molar-refractivity contribution in [3.63, 3.8) is 0 Å². The van der Waals surface area contributed by atoms with Crippen molar-refractivity contribution in [2.75, 3.05) is 6.61 Å². The lowest BCUT2D eigenvalue weighted by Gasteiger charge is -2.10. The van der Waals surface area contributed by atoms with Gasteiger partial charge in [-0.25, -0.2) is 0 Å². The highest BCUT2D eigenvalue weighted by Crippen LogP contribution is 2.08. The molecule has 0 fully saturated rings. The standard InChI is InChI=1S/C14H19NO2/c1-11-5-3-4-6-13(11)7-8-14(17)15-12(2)9-10-16/h3-8,12,16H,9-10H2,1-2H3,(H,15,17)/b8-7+. The predicted octanol–water partition coefficient (Wildman–Crippen LogP) is 1.90. The molecule has 0 bridgehead atoms. The van der Waals surface area contributed by atoms with Crippen molar-refractivity contribution >= 4 is 12.0 Å². The topological polar surface area (TPSA) is 49.3 Å². The Balaban J connectivity index is 2.54. The van der Waals surface area contributed by atoms with Crippen LogP contribution < -0.4 is 5.32 Å². The third kappa shape index (κ3) is 4.83. The van der Waals surface area contributed by atoms with Crippen LogP contribution in [0.1, 0.15) is 24.5 Å². The van der Waals surface area contributed by atoms with Crippen LogP contribution in [0.5, 0.6) is 0 Å². The van der Waals surface area contributed by atoms with E-state index in [-0.39, 0.29) is 18.6 Å². The molecule has 0 heterocycles. The number of hydrogen-bond donors (Lipinski definition) is 2. The van der Waals surface area contributed by atoms with Gasteiger partial charge < -0.3 is 10.4 Å². The van der Waals surface area contributed by atoms with E-state index in [1.54, 1.807) is 6.08 Å². The first-order chi connectivity index (χ1) is 8.13. The lowest BCUT2D eigenvalue weighted by molar-refractivity contribution is -0.117. The summed E-state index contributed by atoms with van der Waals surface area (Å²) in [7, 11) is 0. The Labute approximate surface area is 102 Å². The fourth-order valence-electron chi connectivity index (χ4n) is 1.50. The van der Waals surface area contributed by atoms with Crippen molar-refractivity contribution in [3.8, 4) is 0 Å². The van der Waals surface area contributed by atoms with Gasteiger partial charge >= 0.3 is 0 Å². The highest BCUT2D eigenvalue weighted by molar-refractivity contribution is 5.92. The minimum absolute atomic E-state index is 0.00554. The molecular formula is C14H19NO2. The molecule has 0 radical (unpaired) electrons. The molecule has 0 saturated carbocycles. The van der Waals surface area contributed by atoms with Crippen LogP contribution in [0.4, 0.5) is 0 Å². The predicted molar refractivity (Wildman–Crippen MR) is 69.5 cm³/mol. The van der Waals surface area contributed by atoms with Crippen molar-refractivity contribution in [3.05, 3.63) is 41.5 Å². The fraction of sp³-hybridized carbons (Fsp3) is 0.357. The lowest BCUT2D eigenvalue weighted by atomic mass is 10.1. The SMILES string of the molecule is Cc1ccccc1/C=C/C(=O)NC(C)CCO. The zero-order valence-electron chi connectivity index (χ0n) is 10.3. The van der Waals surface area contributed by atoms with E-state index in [2.05, 4.69) is 5.32 Å². The molecule has 17 heavy (non-hydrogen) atoms. The van der Waals surface area contributed by atoms with E-state index in [1.165, 1.54) is 6.08 Å². The molecule has 0 saturated heterocycles. The molecule has 0 spiro atoms. The molecule has 92 valence electrons. The van der Waals surface area contributed by atoms with Crippen LogP contribution in [0.3, 0.4) is 0 Å². The first kappa shape index (κ1) is 13.5. The first-order valence-electron chi connectivity index (χ1n) is 5.78. The first-order valence-corrected chi connectivity index (χ1v) is 5.78. The van der Waals surface area contributed by atoms with E-state index < -0.39 is 0 Å². The molecule has 0 aliphatic carbocycles. The van der Waals surface area contributed by atoms with E-state index in [9.17, 15) is 4.79 Å². The fourth-order valence-corrected chi connectivity index (χ4v) is 1.50. The number of hydrogen-bond acceptors (Lipinski definition) is 2. The molecular weight excluding hydrogens is 214 g/mol. The Morgan fingerprint density at radius 3 is 2.82 bits per heavy atom. The summed E-state index contributed by atoms with van der Waals surface area (Å²) in [5.41, 5.74) is 2.18. The Hall–Kier alpha value is -1.61. The van der Waals surface area contributed by atoms with Gasteiger partial charge in [0.15, 0.2) is 0 Å². The van der Waals surface area contributed by atoms with E-state index in [4.69, 9.17) is 5.11 Å². The van der Waals surface area contributed by atoms with Gasteiger partial charge in [-0.1, -0.05) is 24.3 Å². The van der Waals surface area contributed by atoms with Gasteiger partial charge in [0.25, 0.3) is 0 Å². The van der Waals surface area contributed by atoms with Crippen molar-refractivity contribution in [1.82, 2.24) is 5.32 Å². The van der Waals surface area contributed by atoms with Gasteiger partial charge in [-0.3, -0.25) is 4.79 Å². The second kappa shape index (κ2) is 6.86. The summed E-state index contributed by atoms with van der Waals surface area (Å²) in [4.78, 5) is 11.5. The summed E-state index contributed by atoms with van der Waals surface area (Å²) in [6.07, 6.45) is 3.90. The number of amides is 1. The third-order valence-corrected chi connectivity index (χ3v) is 2.55. The highest BCUT2D eigenvalue weighted by atomic mass is 16.3. The number of rotatable bonds is 5. The maximum atomic E-state index is 11.5. The molecule has 1 aromatic rings. The Morgan fingerprint density at radius 1 is 1.47 bits per heavy atom. The Bertz CT molecular complexity index is 399. The molecule has 1 unspecified atom stereocenters. The van der Waals surface area contributed by atoms with Crippen LogP contribution >= 0.6 is 0 Å². The van der Waals surface area contributed by atoms with Crippen LogP contribution in [0.15, 0.2) is 30.3 Å². The van der Waals surface area contributed by atoms with Crippen LogP contribution in [-0.2, 0) is 4.79 Å². The van der Waals surface area contributed by atoms with Crippen molar-refractivity contribution in [2.45, 2.75) is 26.3 Å². The molecule has 1 rings (SSSR count). The van der Waals surface area contributed by atoms with Crippen molar-refractivity contribution in [1.29, 1.82) is 0 Å². The van der Waals surface area contributed by atoms with E-state index >= 15 is 0 Å². The normalized spacial score (nSPS) is 12.6. The summed E-state index contributed by atoms with van der Waals surface area (Å²) < 4.78 is 0. The van der Waals surface area contributed by atoms with Crippen LogP contribution in [-0.4, -0.2) is 23.7 Å². The summed E-state index contributed by atoms with van der Waals surface area (Å²) in [6.45, 7) is 3.96. The summed E-state index contributed by atoms with van der Waals surface area (Å²) >= 11 is 0. The zero-order valence-corrected chi connectivity index (χ0v) is 10.3. The van der Waals surface area contributed by atoms with Gasteiger partial charge in [-0.15, -0.1) is 0 Å². The lowest BCUT2D eigenvalue weighted by Crippen LogP contribution is -2.31. The molecule has 1 atom stereocenters. The van der Waals surface area contributed by atoms with E-state index in [0.29, 0.717) is 6.42 Å². The van der Waals surface area contributed by atoms with Gasteiger partial charge in [0.05, 0.1) is 0 Å². The average molecular weight is 233 g/mol. The molecule has 3 heteroatoms. The Morgan fingerprint density at radius 2 is 2.18 bits per heavy atom. The van der Waals surface area contributed by atoms with Gasteiger partial charge in [0.2, 0.25) is 5.91 Å². The van der Waals surface area contributed by atoms with E-state index in [1.807, 2.05) is 38.1 Å². The average Bonchev–Trinajstić information content (AvgIpc) is 2.28. The minimum atomic E-state index is -0.130. The molecule has 2 N–H and O–H groups in total. The monoisotopic (exact) mass is 233 g/mol. The van der Waals surface area contributed by atoms with Crippen molar-refractivity contribution in [2.24, 2.45) is 0 Å². The van der Waals surface area contributed by atoms with Gasteiger partial charge in [0, 0.05) is 18.7 Å². The maximum absolute atomic E-state index is 11.5. The van der Waals surface area contributed by atoms with Crippen molar-refractivity contribution < 1.29 is 9.90 Å². The largest absolute Gasteiger partial charge is 0.396 e. The molecule has 0 aliphatic rings. The molecule has 1 amide bonds. The van der Waals surface area contributed by atoms with E-state index in [0.717, 1.165) is 11.1 Å². The third-order valence-electron chi connectivity index (χ3n) is 2.55. The second-order valence-electron chi connectivity index (χ2n) is 4.11. The highest BCUT2D eigenvalue weighted by Gasteiger charge is 2.03. The number of aryl methyl sites for hydroxylation is 1. The summed E-state index contributed by atoms with van der Waals surface area (Å²) in [5, 5.41) is 11.5. The molecule has 0 aliphatic heterocycles.